The maximum atomic E-state index is 6.50. The monoisotopic (exact) mass is 489 g/mol. The number of hydrogen-bond donors (Lipinski definition) is 0. The summed E-state index contributed by atoms with van der Waals surface area (Å²) in [6.07, 6.45) is 0.956. The molecule has 0 aliphatic heterocycles. The average Bonchev–Trinajstić information content (AvgIpc) is 3.38. The fourth-order valence-corrected chi connectivity index (χ4v) is 5.62. The van der Waals surface area contributed by atoms with Crippen LogP contribution in [0.1, 0.15) is 12.5 Å². The summed E-state index contributed by atoms with van der Waals surface area (Å²) in [6.45, 7) is 2.21. The number of nitrogens with zero attached hydrogens (tertiary/aromatic N) is 1. The lowest BCUT2D eigenvalue weighted by molar-refractivity contribution is 0.672. The SMILES string of the molecule is CCc1cccc2oc3c4ccccc4c(N(c4ccccc4)c4ccc(-c5ccccc5)cc4)cc3c12. The summed E-state index contributed by atoms with van der Waals surface area (Å²) < 4.78 is 6.50. The molecule has 0 radical (unpaired) electrons. The van der Waals surface area contributed by atoms with Crippen LogP contribution >= 0.6 is 0 Å². The second-order valence-corrected chi connectivity index (χ2v) is 9.65. The van der Waals surface area contributed by atoms with E-state index >= 15 is 0 Å². The summed E-state index contributed by atoms with van der Waals surface area (Å²) in [5, 5.41) is 4.66. The van der Waals surface area contributed by atoms with E-state index in [-0.39, 0.29) is 0 Å². The molecule has 1 heterocycles. The molecule has 0 aliphatic rings. The van der Waals surface area contributed by atoms with Gasteiger partial charge >= 0.3 is 0 Å². The number of rotatable bonds is 5. The minimum atomic E-state index is 0.945. The third-order valence-corrected chi connectivity index (χ3v) is 7.44. The molecular weight excluding hydrogens is 462 g/mol. The number of benzene rings is 6. The molecule has 0 bridgehead atoms. The fraction of sp³-hybridized carbons (Fsp3) is 0.0556. The van der Waals surface area contributed by atoms with Gasteiger partial charge in [-0.05, 0) is 59.5 Å². The zero-order chi connectivity index (χ0) is 25.5. The number of hydrogen-bond acceptors (Lipinski definition) is 2. The second kappa shape index (κ2) is 9.24. The Morgan fingerprint density at radius 1 is 0.553 bits per heavy atom. The normalized spacial score (nSPS) is 11.4. The van der Waals surface area contributed by atoms with Gasteiger partial charge < -0.3 is 9.32 Å². The third-order valence-electron chi connectivity index (χ3n) is 7.44. The van der Waals surface area contributed by atoms with Gasteiger partial charge in [-0.3, -0.25) is 0 Å². The summed E-state index contributed by atoms with van der Waals surface area (Å²) in [4.78, 5) is 2.37. The molecule has 0 N–H and O–H groups in total. The molecule has 0 fully saturated rings. The lowest BCUT2D eigenvalue weighted by Crippen LogP contribution is -2.10. The second-order valence-electron chi connectivity index (χ2n) is 9.65. The van der Waals surface area contributed by atoms with E-state index in [0.29, 0.717) is 0 Å². The summed E-state index contributed by atoms with van der Waals surface area (Å²) in [7, 11) is 0. The lowest BCUT2D eigenvalue weighted by Gasteiger charge is -2.27. The third kappa shape index (κ3) is 3.65. The van der Waals surface area contributed by atoms with Crippen LogP contribution in [0.4, 0.5) is 17.1 Å². The number of fused-ring (bicyclic) bond motifs is 5. The molecule has 7 aromatic rings. The molecule has 1 aromatic heterocycles. The van der Waals surface area contributed by atoms with Crippen LogP contribution in [0.3, 0.4) is 0 Å². The van der Waals surface area contributed by atoms with Crippen molar-refractivity contribution in [3.63, 3.8) is 0 Å². The van der Waals surface area contributed by atoms with Gasteiger partial charge in [0.2, 0.25) is 0 Å². The molecular formula is C36H27NO. The maximum absolute atomic E-state index is 6.50. The molecule has 6 aromatic carbocycles. The molecule has 0 amide bonds. The molecule has 0 saturated carbocycles. The van der Waals surface area contributed by atoms with E-state index in [9.17, 15) is 0 Å². The van der Waals surface area contributed by atoms with Gasteiger partial charge in [0, 0.05) is 32.9 Å². The van der Waals surface area contributed by atoms with Crippen molar-refractivity contribution in [1.82, 2.24) is 0 Å². The fourth-order valence-electron chi connectivity index (χ4n) is 5.62. The molecule has 0 spiro atoms. The Balaban J connectivity index is 1.51. The van der Waals surface area contributed by atoms with E-state index < -0.39 is 0 Å². The predicted octanol–water partition coefficient (Wildman–Crippen LogP) is 10.4. The zero-order valence-electron chi connectivity index (χ0n) is 21.3. The lowest BCUT2D eigenvalue weighted by atomic mass is 9.99. The highest BCUT2D eigenvalue weighted by molar-refractivity contribution is 6.20. The first-order valence-electron chi connectivity index (χ1n) is 13.2. The molecule has 7 rings (SSSR count). The van der Waals surface area contributed by atoms with Crippen molar-refractivity contribution in [2.24, 2.45) is 0 Å². The van der Waals surface area contributed by atoms with E-state index in [4.69, 9.17) is 4.42 Å². The average molecular weight is 490 g/mol. The van der Waals surface area contributed by atoms with Crippen LogP contribution in [0.5, 0.6) is 0 Å². The van der Waals surface area contributed by atoms with E-state index in [1.54, 1.807) is 0 Å². The Kier molecular flexibility index (Phi) is 5.44. The van der Waals surface area contributed by atoms with Crippen LogP contribution in [0, 0.1) is 0 Å². The topological polar surface area (TPSA) is 16.4 Å². The van der Waals surface area contributed by atoms with Gasteiger partial charge in [0.1, 0.15) is 11.2 Å². The predicted molar refractivity (Wildman–Crippen MR) is 161 cm³/mol. The van der Waals surface area contributed by atoms with Crippen LogP contribution in [0.25, 0.3) is 43.8 Å². The highest BCUT2D eigenvalue weighted by Crippen LogP contribution is 2.45. The first-order valence-corrected chi connectivity index (χ1v) is 13.2. The van der Waals surface area contributed by atoms with E-state index in [2.05, 4.69) is 145 Å². The largest absolute Gasteiger partial charge is 0.455 e. The van der Waals surface area contributed by atoms with Gasteiger partial charge in [0.25, 0.3) is 0 Å². The minimum absolute atomic E-state index is 0.945. The van der Waals surface area contributed by atoms with Gasteiger partial charge in [-0.1, -0.05) is 104 Å². The smallest absolute Gasteiger partial charge is 0.143 e. The van der Waals surface area contributed by atoms with Crippen molar-refractivity contribution in [2.75, 3.05) is 4.90 Å². The van der Waals surface area contributed by atoms with Gasteiger partial charge in [-0.15, -0.1) is 0 Å². The molecule has 182 valence electrons. The molecule has 2 heteroatoms. The molecule has 2 nitrogen and oxygen atoms in total. The highest BCUT2D eigenvalue weighted by Gasteiger charge is 2.20. The Hall–Kier alpha value is -4.82. The molecule has 38 heavy (non-hydrogen) atoms. The van der Waals surface area contributed by atoms with Gasteiger partial charge in [0.15, 0.2) is 0 Å². The van der Waals surface area contributed by atoms with E-state index in [0.717, 1.165) is 50.8 Å². The number of para-hydroxylation sites is 1. The molecule has 0 saturated heterocycles. The Morgan fingerprint density at radius 3 is 1.92 bits per heavy atom. The van der Waals surface area contributed by atoms with Crippen molar-refractivity contribution in [3.8, 4) is 11.1 Å². The molecule has 0 atom stereocenters. The van der Waals surface area contributed by atoms with Crippen molar-refractivity contribution in [2.45, 2.75) is 13.3 Å². The van der Waals surface area contributed by atoms with E-state index in [1.165, 1.54) is 22.1 Å². The van der Waals surface area contributed by atoms with Crippen molar-refractivity contribution in [1.29, 1.82) is 0 Å². The Labute approximate surface area is 222 Å². The van der Waals surface area contributed by atoms with Gasteiger partial charge in [-0.2, -0.15) is 0 Å². The van der Waals surface area contributed by atoms with Crippen LogP contribution in [-0.2, 0) is 6.42 Å². The maximum Gasteiger partial charge on any atom is 0.143 e. The van der Waals surface area contributed by atoms with Crippen LogP contribution in [0.15, 0.2) is 138 Å². The van der Waals surface area contributed by atoms with Gasteiger partial charge in [0.05, 0.1) is 5.69 Å². The van der Waals surface area contributed by atoms with Crippen LogP contribution in [-0.4, -0.2) is 0 Å². The minimum Gasteiger partial charge on any atom is -0.455 e. The van der Waals surface area contributed by atoms with Crippen molar-refractivity contribution >= 4 is 49.8 Å². The van der Waals surface area contributed by atoms with Crippen molar-refractivity contribution < 1.29 is 4.42 Å². The first kappa shape index (κ1) is 22.4. The first-order chi connectivity index (χ1) is 18.8. The summed E-state index contributed by atoms with van der Waals surface area (Å²) >= 11 is 0. The van der Waals surface area contributed by atoms with E-state index in [1.807, 2.05) is 0 Å². The van der Waals surface area contributed by atoms with Crippen molar-refractivity contribution in [3.05, 3.63) is 139 Å². The zero-order valence-corrected chi connectivity index (χ0v) is 21.3. The summed E-state index contributed by atoms with van der Waals surface area (Å²) in [5.74, 6) is 0. The molecule has 0 unspecified atom stereocenters. The van der Waals surface area contributed by atoms with Gasteiger partial charge in [-0.25, -0.2) is 0 Å². The van der Waals surface area contributed by atoms with Crippen LogP contribution in [0.2, 0.25) is 0 Å². The number of aryl methyl sites for hydroxylation is 1. The number of anilines is 3. The molecule has 0 aliphatic carbocycles. The standard InChI is InChI=1S/C36H27NO/c1-2-25-14-11-19-34-35(25)32-24-33(30-17-9-10-18-31(30)36(32)38-34)37(28-15-7-4-8-16-28)29-22-20-27(21-23-29)26-12-5-3-6-13-26/h3-24H,2H2,1H3. The summed E-state index contributed by atoms with van der Waals surface area (Å²) in [6, 6.07) is 47.3. The van der Waals surface area contributed by atoms with Crippen LogP contribution < -0.4 is 4.90 Å². The number of furan rings is 1. The summed E-state index contributed by atoms with van der Waals surface area (Å²) in [5.41, 5.74) is 9.00. The highest BCUT2D eigenvalue weighted by atomic mass is 16.3. The Bertz CT molecular complexity index is 1880. The quantitative estimate of drug-likeness (QED) is 0.239. The Morgan fingerprint density at radius 2 is 1.18 bits per heavy atom.